The Balaban J connectivity index is 2.02. The summed E-state index contributed by atoms with van der Waals surface area (Å²) < 4.78 is 0.967. The van der Waals surface area contributed by atoms with E-state index in [-0.39, 0.29) is 12.1 Å². The molecule has 0 aliphatic carbocycles. The van der Waals surface area contributed by atoms with Crippen LogP contribution in [-0.4, -0.2) is 23.8 Å². The van der Waals surface area contributed by atoms with Crippen LogP contribution in [-0.2, 0) is 6.42 Å². The fourth-order valence-corrected chi connectivity index (χ4v) is 2.85. The number of rotatable bonds is 3. The summed E-state index contributed by atoms with van der Waals surface area (Å²) in [4.78, 5) is 0. The van der Waals surface area contributed by atoms with E-state index in [1.165, 1.54) is 0 Å². The maximum absolute atomic E-state index is 10.1. The van der Waals surface area contributed by atoms with Gasteiger partial charge in [0.15, 0.2) is 0 Å². The van der Waals surface area contributed by atoms with Crippen molar-refractivity contribution in [3.05, 3.63) is 33.3 Å². The van der Waals surface area contributed by atoms with E-state index in [1.807, 2.05) is 18.2 Å². The molecule has 2 N–H and O–H groups in total. The topological polar surface area (TPSA) is 32.3 Å². The molecule has 1 saturated heterocycles. The molecule has 0 radical (unpaired) electrons. The highest BCUT2D eigenvalue weighted by Crippen LogP contribution is 2.23. The number of hydrogen-bond donors (Lipinski definition) is 2. The van der Waals surface area contributed by atoms with E-state index >= 15 is 0 Å². The van der Waals surface area contributed by atoms with E-state index in [4.69, 9.17) is 11.6 Å². The number of halogens is 2. The predicted octanol–water partition coefficient (Wildman–Crippen LogP) is 2.76. The average Bonchev–Trinajstić information content (AvgIpc) is 2.75. The third-order valence-electron chi connectivity index (χ3n) is 3.01. The summed E-state index contributed by atoms with van der Waals surface area (Å²) in [5.41, 5.74) is 1.01. The van der Waals surface area contributed by atoms with Gasteiger partial charge >= 0.3 is 0 Å². The first-order valence-electron chi connectivity index (χ1n) is 5.52. The molecular formula is C12H15BrClNO. The Morgan fingerprint density at radius 1 is 1.56 bits per heavy atom. The minimum atomic E-state index is -0.346. The van der Waals surface area contributed by atoms with Gasteiger partial charge in [-0.3, -0.25) is 0 Å². The van der Waals surface area contributed by atoms with Gasteiger partial charge in [-0.25, -0.2) is 0 Å². The Morgan fingerprint density at radius 2 is 2.38 bits per heavy atom. The molecule has 1 aromatic carbocycles. The van der Waals surface area contributed by atoms with E-state index in [0.29, 0.717) is 11.4 Å². The van der Waals surface area contributed by atoms with Crippen LogP contribution in [0.25, 0.3) is 0 Å². The molecule has 0 saturated carbocycles. The van der Waals surface area contributed by atoms with Crippen LogP contribution in [0.3, 0.4) is 0 Å². The molecule has 2 unspecified atom stereocenters. The number of benzene rings is 1. The van der Waals surface area contributed by atoms with Crippen LogP contribution in [0.5, 0.6) is 0 Å². The molecule has 2 rings (SSSR count). The molecule has 0 amide bonds. The zero-order valence-corrected chi connectivity index (χ0v) is 11.3. The van der Waals surface area contributed by atoms with Crippen LogP contribution < -0.4 is 5.32 Å². The molecule has 88 valence electrons. The lowest BCUT2D eigenvalue weighted by molar-refractivity contribution is 0.136. The summed E-state index contributed by atoms with van der Waals surface area (Å²) in [7, 11) is 0. The van der Waals surface area contributed by atoms with Crippen molar-refractivity contribution in [1.82, 2.24) is 5.32 Å². The first-order valence-corrected chi connectivity index (χ1v) is 6.69. The molecule has 2 nitrogen and oxygen atoms in total. The SMILES string of the molecule is OC(Cc1ccc(Br)cc1Cl)C1CCCN1. The molecule has 1 aliphatic heterocycles. The summed E-state index contributed by atoms with van der Waals surface area (Å²) in [5.74, 6) is 0. The van der Waals surface area contributed by atoms with E-state index in [9.17, 15) is 5.11 Å². The molecular weight excluding hydrogens is 289 g/mol. The Kier molecular flexibility index (Phi) is 4.25. The van der Waals surface area contributed by atoms with Gasteiger partial charge in [0.05, 0.1) is 6.10 Å². The second-order valence-corrected chi connectivity index (χ2v) is 5.53. The lowest BCUT2D eigenvalue weighted by Crippen LogP contribution is -2.36. The van der Waals surface area contributed by atoms with E-state index in [1.54, 1.807) is 0 Å². The van der Waals surface area contributed by atoms with Crippen LogP contribution in [0.1, 0.15) is 18.4 Å². The van der Waals surface area contributed by atoms with Crippen molar-refractivity contribution < 1.29 is 5.11 Å². The number of aliphatic hydroxyl groups is 1. The minimum absolute atomic E-state index is 0.222. The van der Waals surface area contributed by atoms with Crippen molar-refractivity contribution >= 4 is 27.5 Å². The molecule has 1 heterocycles. The van der Waals surface area contributed by atoms with Gasteiger partial charge in [0, 0.05) is 22.0 Å². The van der Waals surface area contributed by atoms with Gasteiger partial charge in [0.25, 0.3) is 0 Å². The molecule has 0 bridgehead atoms. The van der Waals surface area contributed by atoms with Crippen molar-refractivity contribution in [2.75, 3.05) is 6.54 Å². The van der Waals surface area contributed by atoms with Gasteiger partial charge < -0.3 is 10.4 Å². The number of hydrogen-bond acceptors (Lipinski definition) is 2. The molecule has 0 aromatic heterocycles. The zero-order chi connectivity index (χ0) is 11.5. The lowest BCUT2D eigenvalue weighted by Gasteiger charge is -2.18. The van der Waals surface area contributed by atoms with Crippen LogP contribution in [0, 0.1) is 0 Å². The smallest absolute Gasteiger partial charge is 0.0733 e. The first kappa shape index (κ1) is 12.4. The molecule has 1 aromatic rings. The maximum atomic E-state index is 10.1. The van der Waals surface area contributed by atoms with Crippen molar-refractivity contribution in [3.63, 3.8) is 0 Å². The van der Waals surface area contributed by atoms with Gasteiger partial charge in [0.2, 0.25) is 0 Å². The monoisotopic (exact) mass is 303 g/mol. The lowest BCUT2D eigenvalue weighted by atomic mass is 10.0. The van der Waals surface area contributed by atoms with E-state index in [0.717, 1.165) is 29.4 Å². The third kappa shape index (κ3) is 2.98. The van der Waals surface area contributed by atoms with Crippen LogP contribution >= 0.6 is 27.5 Å². The zero-order valence-electron chi connectivity index (χ0n) is 8.92. The van der Waals surface area contributed by atoms with Crippen molar-refractivity contribution in [1.29, 1.82) is 0 Å². The highest BCUT2D eigenvalue weighted by atomic mass is 79.9. The van der Waals surface area contributed by atoms with Gasteiger partial charge in [0.1, 0.15) is 0 Å². The molecule has 16 heavy (non-hydrogen) atoms. The molecule has 1 fully saturated rings. The summed E-state index contributed by atoms with van der Waals surface area (Å²) in [6, 6.07) is 6.01. The molecule has 2 atom stereocenters. The standard InChI is InChI=1S/C12H15BrClNO/c13-9-4-3-8(10(14)7-9)6-12(16)11-2-1-5-15-11/h3-4,7,11-12,15-16H,1-2,5-6H2. The van der Waals surface area contributed by atoms with Gasteiger partial charge in [-0.05, 0) is 37.1 Å². The summed E-state index contributed by atoms with van der Waals surface area (Å²) in [5, 5.41) is 14.1. The average molecular weight is 305 g/mol. The van der Waals surface area contributed by atoms with E-state index in [2.05, 4.69) is 21.2 Å². The Labute approximate surface area is 109 Å². The van der Waals surface area contributed by atoms with Gasteiger partial charge in [-0.1, -0.05) is 33.6 Å². The van der Waals surface area contributed by atoms with Crippen LogP contribution in [0.4, 0.5) is 0 Å². The fourth-order valence-electron chi connectivity index (χ4n) is 2.09. The van der Waals surface area contributed by atoms with Crippen LogP contribution in [0.15, 0.2) is 22.7 Å². The van der Waals surface area contributed by atoms with E-state index < -0.39 is 0 Å². The molecule has 0 spiro atoms. The molecule has 1 aliphatic rings. The second-order valence-electron chi connectivity index (χ2n) is 4.21. The Bertz CT molecular complexity index is 366. The first-order chi connectivity index (χ1) is 7.66. The predicted molar refractivity (Wildman–Crippen MR) is 69.9 cm³/mol. The Morgan fingerprint density at radius 3 is 3.00 bits per heavy atom. The Hall–Kier alpha value is -0.0900. The molecule has 4 heteroatoms. The summed E-state index contributed by atoms with van der Waals surface area (Å²) in [6.07, 6.45) is 2.47. The van der Waals surface area contributed by atoms with Gasteiger partial charge in [-0.15, -0.1) is 0 Å². The second kappa shape index (κ2) is 5.50. The quantitative estimate of drug-likeness (QED) is 0.900. The van der Waals surface area contributed by atoms with Gasteiger partial charge in [-0.2, -0.15) is 0 Å². The number of nitrogens with one attached hydrogen (secondary N) is 1. The van der Waals surface area contributed by atoms with Crippen LogP contribution in [0.2, 0.25) is 5.02 Å². The normalized spacial score (nSPS) is 22.3. The highest BCUT2D eigenvalue weighted by Gasteiger charge is 2.23. The third-order valence-corrected chi connectivity index (χ3v) is 3.85. The minimum Gasteiger partial charge on any atom is -0.391 e. The van der Waals surface area contributed by atoms with Crippen molar-refractivity contribution in [3.8, 4) is 0 Å². The van der Waals surface area contributed by atoms with Crippen molar-refractivity contribution in [2.45, 2.75) is 31.4 Å². The highest BCUT2D eigenvalue weighted by molar-refractivity contribution is 9.10. The number of aliphatic hydroxyl groups excluding tert-OH is 1. The summed E-state index contributed by atoms with van der Waals surface area (Å²) >= 11 is 9.49. The van der Waals surface area contributed by atoms with Crippen molar-refractivity contribution in [2.24, 2.45) is 0 Å². The largest absolute Gasteiger partial charge is 0.391 e. The fraction of sp³-hybridized carbons (Fsp3) is 0.500. The maximum Gasteiger partial charge on any atom is 0.0733 e. The summed E-state index contributed by atoms with van der Waals surface area (Å²) in [6.45, 7) is 1.01.